The summed E-state index contributed by atoms with van der Waals surface area (Å²) >= 11 is 0. The number of aryl methyl sites for hydroxylation is 4. The Bertz CT molecular complexity index is 3220. The van der Waals surface area contributed by atoms with Crippen molar-refractivity contribution >= 4 is 82.9 Å². The van der Waals surface area contributed by atoms with E-state index in [0.29, 0.717) is 0 Å². The summed E-state index contributed by atoms with van der Waals surface area (Å²) in [4.78, 5) is 0. The van der Waals surface area contributed by atoms with Crippen molar-refractivity contribution in [2.24, 2.45) is 0 Å². The summed E-state index contributed by atoms with van der Waals surface area (Å²) in [5.74, 6) is 0. The molecule has 2 aliphatic rings. The molecule has 0 aliphatic carbocycles. The van der Waals surface area contributed by atoms with Crippen LogP contribution in [0.4, 0.5) is 0 Å². The van der Waals surface area contributed by atoms with Crippen molar-refractivity contribution in [1.82, 2.24) is 9.05 Å². The molecule has 10 aromatic rings. The van der Waals surface area contributed by atoms with Crippen molar-refractivity contribution in [3.8, 4) is 27.9 Å². The van der Waals surface area contributed by atoms with E-state index in [1.54, 1.807) is 0 Å². The molecule has 0 saturated heterocycles. The van der Waals surface area contributed by atoms with E-state index in [0.717, 1.165) is 0 Å². The highest BCUT2D eigenvalue weighted by Crippen LogP contribution is 2.47. The number of rotatable bonds is 1. The highest BCUT2D eigenvalue weighted by atomic mass is 15.0. The molecule has 2 nitrogen and oxygen atoms in total. The van der Waals surface area contributed by atoms with Gasteiger partial charge in [-0.2, -0.15) is 0 Å². The number of hydrogen-bond acceptors (Lipinski definition) is 0. The normalized spacial score (nSPS) is 13.1. The van der Waals surface area contributed by atoms with E-state index in [-0.39, 0.29) is 6.85 Å². The molecule has 12 rings (SSSR count). The minimum atomic E-state index is 0.0544. The molecule has 51 heavy (non-hydrogen) atoms. The van der Waals surface area contributed by atoms with Crippen LogP contribution in [0.5, 0.6) is 0 Å². The molecule has 0 atom stereocenters. The SMILES string of the molecule is Cc1cc(C)c(-c2cc3c(c4ccccc24)c2cccc4c2n3-c2ccc(C)c3c2B4n2c4ccc5ccccc5c4c4cccc-3c42)c(C)c1. The minimum absolute atomic E-state index is 0.0544. The Labute approximate surface area is 296 Å². The van der Waals surface area contributed by atoms with Gasteiger partial charge in [0.05, 0.1) is 11.0 Å². The largest absolute Gasteiger partial charge is 0.375 e. The Kier molecular flexibility index (Phi) is 5.10. The molecule has 0 spiro atoms. The van der Waals surface area contributed by atoms with Gasteiger partial charge < -0.3 is 9.05 Å². The van der Waals surface area contributed by atoms with Crippen LogP contribution in [0.2, 0.25) is 0 Å². The third-order valence-corrected chi connectivity index (χ3v) is 12.3. The molecule has 0 N–H and O–H groups in total. The topological polar surface area (TPSA) is 9.86 Å². The van der Waals surface area contributed by atoms with E-state index in [2.05, 4.69) is 164 Å². The fourth-order valence-corrected chi connectivity index (χ4v) is 10.5. The molecule has 238 valence electrons. The van der Waals surface area contributed by atoms with Crippen LogP contribution in [0, 0.1) is 27.7 Å². The van der Waals surface area contributed by atoms with Gasteiger partial charge in [-0.05, 0) is 112 Å². The van der Waals surface area contributed by atoms with E-state index in [4.69, 9.17) is 0 Å². The van der Waals surface area contributed by atoms with Gasteiger partial charge in [-0.1, -0.05) is 115 Å². The van der Waals surface area contributed by atoms with Crippen molar-refractivity contribution in [3.05, 3.63) is 150 Å². The van der Waals surface area contributed by atoms with Crippen LogP contribution in [0.15, 0.2) is 127 Å². The number of para-hydroxylation sites is 2. The summed E-state index contributed by atoms with van der Waals surface area (Å²) in [5.41, 5.74) is 20.0. The summed E-state index contributed by atoms with van der Waals surface area (Å²) in [6.07, 6.45) is 0. The molecule has 0 fully saturated rings. The zero-order valence-corrected chi connectivity index (χ0v) is 29.1. The maximum Gasteiger partial charge on any atom is 0.333 e. The first-order chi connectivity index (χ1) is 25.0. The van der Waals surface area contributed by atoms with Gasteiger partial charge in [0.25, 0.3) is 0 Å². The fourth-order valence-electron chi connectivity index (χ4n) is 10.5. The quantitative estimate of drug-likeness (QED) is 0.157. The Morgan fingerprint density at radius 3 is 1.98 bits per heavy atom. The Hall–Kier alpha value is -6.06. The standard InChI is InChI=1S/C48H33BN2/c1-26-23-28(3)42(29(4)24-26)37-25-41-45(33-14-8-7-13-32(33)37)36-17-10-18-38-48(36)50(41)40-21-19-27(2)43-34-15-9-16-35-44-31-12-6-5-11-30(31)20-22-39(44)51(47(34)35)49(38)46(40)43/h5-25H,1-4H3. The van der Waals surface area contributed by atoms with E-state index < -0.39 is 0 Å². The molecule has 0 radical (unpaired) electrons. The van der Waals surface area contributed by atoms with Gasteiger partial charge in [0.2, 0.25) is 0 Å². The van der Waals surface area contributed by atoms with Gasteiger partial charge in [0.1, 0.15) is 0 Å². The van der Waals surface area contributed by atoms with Gasteiger partial charge >= 0.3 is 6.85 Å². The smallest absolute Gasteiger partial charge is 0.333 e. The van der Waals surface area contributed by atoms with Crippen LogP contribution in [0.1, 0.15) is 22.3 Å². The van der Waals surface area contributed by atoms with E-state index in [9.17, 15) is 0 Å². The first-order valence-electron chi connectivity index (χ1n) is 18.1. The second-order valence-corrected chi connectivity index (χ2v) is 15.1. The Morgan fingerprint density at radius 1 is 0.471 bits per heavy atom. The zero-order chi connectivity index (χ0) is 33.9. The lowest BCUT2D eigenvalue weighted by molar-refractivity contribution is 1.17. The number of hydrogen-bond donors (Lipinski definition) is 0. The first-order valence-corrected chi connectivity index (χ1v) is 18.1. The fraction of sp³-hybridized carbons (Fsp3) is 0.0833. The molecule has 3 heteroatoms. The molecule has 0 unspecified atom stereocenters. The lowest BCUT2D eigenvalue weighted by Gasteiger charge is -2.34. The van der Waals surface area contributed by atoms with E-state index >= 15 is 0 Å². The third-order valence-electron chi connectivity index (χ3n) is 12.3. The summed E-state index contributed by atoms with van der Waals surface area (Å²) in [6, 6.07) is 48.6. The van der Waals surface area contributed by atoms with Gasteiger partial charge in [-0.3, -0.25) is 0 Å². The highest BCUT2D eigenvalue weighted by Gasteiger charge is 2.42. The van der Waals surface area contributed by atoms with Gasteiger partial charge in [-0.25, -0.2) is 0 Å². The summed E-state index contributed by atoms with van der Waals surface area (Å²) < 4.78 is 5.31. The zero-order valence-electron chi connectivity index (χ0n) is 29.1. The molecular weight excluding hydrogens is 615 g/mol. The molecule has 8 aromatic carbocycles. The highest BCUT2D eigenvalue weighted by molar-refractivity contribution is 6.90. The van der Waals surface area contributed by atoms with Crippen LogP contribution in [0.3, 0.4) is 0 Å². The lowest BCUT2D eigenvalue weighted by atomic mass is 9.45. The van der Waals surface area contributed by atoms with Crippen molar-refractivity contribution in [2.45, 2.75) is 27.7 Å². The van der Waals surface area contributed by atoms with Crippen molar-refractivity contribution in [1.29, 1.82) is 0 Å². The van der Waals surface area contributed by atoms with Crippen LogP contribution >= 0.6 is 0 Å². The second kappa shape index (κ2) is 9.38. The van der Waals surface area contributed by atoms with Gasteiger partial charge in [0.15, 0.2) is 0 Å². The number of nitrogens with zero attached hydrogens (tertiary/aromatic N) is 2. The van der Waals surface area contributed by atoms with Crippen molar-refractivity contribution in [2.75, 3.05) is 0 Å². The van der Waals surface area contributed by atoms with Crippen LogP contribution in [0.25, 0.3) is 93.1 Å². The minimum Gasteiger partial charge on any atom is -0.375 e. The van der Waals surface area contributed by atoms with Crippen LogP contribution in [-0.4, -0.2) is 15.9 Å². The first kappa shape index (κ1) is 27.7. The van der Waals surface area contributed by atoms with Crippen molar-refractivity contribution < 1.29 is 0 Å². The summed E-state index contributed by atoms with van der Waals surface area (Å²) in [5, 5.41) is 10.6. The number of benzene rings is 8. The second-order valence-electron chi connectivity index (χ2n) is 15.1. The van der Waals surface area contributed by atoms with E-state index in [1.165, 1.54) is 126 Å². The number of fused-ring (bicyclic) bond motifs is 14. The van der Waals surface area contributed by atoms with Gasteiger partial charge in [0, 0.05) is 43.8 Å². The maximum atomic E-state index is 2.69. The summed E-state index contributed by atoms with van der Waals surface area (Å²) in [7, 11) is 0. The molecule has 0 amide bonds. The molecular formula is C48H33BN2. The third kappa shape index (κ3) is 3.26. The average Bonchev–Trinajstić information content (AvgIpc) is 3.66. The molecule has 4 heterocycles. The lowest BCUT2D eigenvalue weighted by Crippen LogP contribution is -2.55. The Morgan fingerprint density at radius 2 is 1.16 bits per heavy atom. The summed E-state index contributed by atoms with van der Waals surface area (Å²) in [6.45, 7) is 9.11. The van der Waals surface area contributed by atoms with Crippen molar-refractivity contribution in [3.63, 3.8) is 0 Å². The average molecular weight is 649 g/mol. The molecule has 0 bridgehead atoms. The van der Waals surface area contributed by atoms with Crippen LogP contribution < -0.4 is 10.9 Å². The monoisotopic (exact) mass is 648 g/mol. The molecule has 2 aromatic heterocycles. The molecule has 0 saturated carbocycles. The molecule has 2 aliphatic heterocycles. The number of aromatic nitrogens is 2. The van der Waals surface area contributed by atoms with E-state index in [1.807, 2.05) is 0 Å². The Balaban J connectivity index is 1.30. The maximum absolute atomic E-state index is 2.69. The van der Waals surface area contributed by atoms with Gasteiger partial charge in [-0.15, -0.1) is 0 Å². The van der Waals surface area contributed by atoms with Crippen LogP contribution in [-0.2, 0) is 0 Å². The predicted molar refractivity (Wildman–Crippen MR) is 219 cm³/mol. The predicted octanol–water partition coefficient (Wildman–Crippen LogP) is 11.0.